The molecule has 1 aliphatic carbocycles. The highest BCUT2D eigenvalue weighted by Gasteiger charge is 2.60. The monoisotopic (exact) mass is 580 g/mol. The van der Waals surface area contributed by atoms with Crippen molar-refractivity contribution in [1.29, 1.82) is 5.26 Å². The number of allylic oxidation sites excluding steroid dienone is 2. The SMILES string of the molecule is COC1=C(C)C(=O)C2=C(C1=O)[C@H](CNC(=O)C(C)=O)N1C(C#N)[C@@H]3[C@@H](O)c4c(O)c(C)c(OC)c(O)c4[C@H]([C@@H]1C2)N3C. The molecule has 1 saturated heterocycles. The van der Waals surface area contributed by atoms with Crippen molar-refractivity contribution >= 4 is 23.3 Å². The van der Waals surface area contributed by atoms with E-state index in [9.17, 15) is 39.8 Å². The highest BCUT2D eigenvalue weighted by Crippen LogP contribution is 2.58. The van der Waals surface area contributed by atoms with Gasteiger partial charge >= 0.3 is 0 Å². The van der Waals surface area contributed by atoms with Crippen LogP contribution in [0.1, 0.15) is 49.1 Å². The number of rotatable bonds is 5. The third kappa shape index (κ3) is 3.79. The van der Waals surface area contributed by atoms with Gasteiger partial charge in [-0.15, -0.1) is 0 Å². The fourth-order valence-corrected chi connectivity index (χ4v) is 7.25. The van der Waals surface area contributed by atoms with E-state index in [0.29, 0.717) is 0 Å². The molecule has 2 bridgehead atoms. The number of benzene rings is 1. The normalized spacial score (nSPS) is 28.9. The number of carbonyl (C=O) groups excluding carboxylic acids is 4. The van der Waals surface area contributed by atoms with Crippen LogP contribution in [0.4, 0.5) is 0 Å². The predicted molar refractivity (Wildman–Crippen MR) is 144 cm³/mol. The van der Waals surface area contributed by atoms with Crippen LogP contribution in [-0.4, -0.2) is 100 Å². The van der Waals surface area contributed by atoms with Gasteiger partial charge in [-0.2, -0.15) is 5.26 Å². The molecule has 0 saturated carbocycles. The number of aliphatic hydroxyl groups excluding tert-OH is 1. The minimum atomic E-state index is -1.45. The molecule has 1 fully saturated rings. The molecule has 3 heterocycles. The smallest absolute Gasteiger partial charge is 0.287 e. The Kier molecular flexibility index (Phi) is 7.13. The number of ketones is 3. The van der Waals surface area contributed by atoms with Gasteiger partial charge in [-0.1, -0.05) is 0 Å². The van der Waals surface area contributed by atoms with E-state index in [1.807, 2.05) is 0 Å². The van der Waals surface area contributed by atoms with Gasteiger partial charge in [0.15, 0.2) is 23.0 Å². The van der Waals surface area contributed by atoms with E-state index in [1.165, 1.54) is 28.1 Å². The van der Waals surface area contributed by atoms with Crippen LogP contribution >= 0.6 is 0 Å². The van der Waals surface area contributed by atoms with Crippen molar-refractivity contribution in [2.45, 2.75) is 63.5 Å². The molecular formula is C29H32N4O9. The first-order chi connectivity index (χ1) is 19.8. The Morgan fingerprint density at radius 2 is 1.76 bits per heavy atom. The molecule has 13 nitrogen and oxygen atoms in total. The molecule has 0 radical (unpaired) electrons. The van der Waals surface area contributed by atoms with E-state index in [-0.39, 0.29) is 69.4 Å². The summed E-state index contributed by atoms with van der Waals surface area (Å²) in [6.45, 7) is 3.79. The Hall–Kier alpha value is -4.25. The van der Waals surface area contributed by atoms with Gasteiger partial charge in [0.2, 0.25) is 11.6 Å². The summed E-state index contributed by atoms with van der Waals surface area (Å²) in [6, 6.07) is -2.46. The molecule has 5 rings (SSSR count). The Morgan fingerprint density at radius 3 is 2.33 bits per heavy atom. The number of nitriles is 1. The van der Waals surface area contributed by atoms with Crippen molar-refractivity contribution in [2.75, 3.05) is 27.8 Å². The number of piperazine rings is 1. The Morgan fingerprint density at radius 1 is 1.10 bits per heavy atom. The number of carbonyl (C=O) groups is 4. The number of phenolic OH excluding ortho intramolecular Hbond substituents is 2. The highest BCUT2D eigenvalue weighted by molar-refractivity contribution is 6.35. The molecule has 4 N–H and O–H groups in total. The Bertz CT molecular complexity index is 1550. The molecule has 42 heavy (non-hydrogen) atoms. The number of aromatic hydroxyl groups is 2. The minimum Gasteiger partial charge on any atom is -0.507 e. The van der Waals surface area contributed by atoms with Crippen molar-refractivity contribution in [3.63, 3.8) is 0 Å². The molecule has 0 spiro atoms. The summed E-state index contributed by atoms with van der Waals surface area (Å²) in [5, 5.41) is 47.3. The van der Waals surface area contributed by atoms with E-state index in [0.717, 1.165) is 6.92 Å². The summed E-state index contributed by atoms with van der Waals surface area (Å²) in [4.78, 5) is 55.0. The molecule has 6 atom stereocenters. The lowest BCUT2D eigenvalue weighted by atomic mass is 9.68. The average molecular weight is 581 g/mol. The second kappa shape index (κ2) is 10.2. The second-order valence-corrected chi connectivity index (χ2v) is 11.0. The fraction of sp³-hybridized carbons (Fsp3) is 0.483. The second-order valence-electron chi connectivity index (χ2n) is 11.0. The maximum absolute atomic E-state index is 13.8. The van der Waals surface area contributed by atoms with Crippen molar-refractivity contribution in [3.05, 3.63) is 39.2 Å². The van der Waals surface area contributed by atoms with Gasteiger partial charge in [-0.3, -0.25) is 29.0 Å². The third-order valence-corrected chi connectivity index (χ3v) is 9.08. The molecule has 13 heteroatoms. The number of methoxy groups -OCH3 is 2. The zero-order valence-electron chi connectivity index (χ0n) is 24.0. The lowest BCUT2D eigenvalue weighted by Gasteiger charge is -2.61. The quantitative estimate of drug-likeness (QED) is 0.211. The van der Waals surface area contributed by atoms with Crippen LogP contribution in [0.5, 0.6) is 17.2 Å². The number of fused-ring (bicyclic) bond motifs is 6. The predicted octanol–water partition coefficient (Wildman–Crippen LogP) is 0.226. The topological polar surface area (TPSA) is 190 Å². The lowest BCUT2D eigenvalue weighted by Crippen LogP contribution is -2.72. The molecule has 1 amide bonds. The molecular weight excluding hydrogens is 548 g/mol. The maximum atomic E-state index is 13.8. The van der Waals surface area contributed by atoms with Gasteiger partial charge in [0.1, 0.15) is 17.9 Å². The number of Topliss-reactive ketones (excluding diaryl/α,β-unsaturated/α-hetero) is 3. The van der Waals surface area contributed by atoms with Crippen LogP contribution in [0.25, 0.3) is 0 Å². The van der Waals surface area contributed by atoms with Crippen LogP contribution < -0.4 is 10.1 Å². The molecule has 1 aromatic carbocycles. The fourth-order valence-electron chi connectivity index (χ4n) is 7.25. The molecule has 222 valence electrons. The van der Waals surface area contributed by atoms with Gasteiger partial charge in [-0.25, -0.2) is 0 Å². The van der Waals surface area contributed by atoms with Crippen molar-refractivity contribution < 1.29 is 44.0 Å². The Labute approximate surface area is 241 Å². The Balaban J connectivity index is 1.78. The zero-order valence-corrected chi connectivity index (χ0v) is 24.0. The molecule has 0 aromatic heterocycles. The number of phenols is 2. The van der Waals surface area contributed by atoms with E-state index in [2.05, 4.69) is 11.4 Å². The summed E-state index contributed by atoms with van der Waals surface area (Å²) in [5.74, 6) is -3.44. The lowest BCUT2D eigenvalue weighted by molar-refractivity contribution is -0.137. The van der Waals surface area contributed by atoms with Gasteiger partial charge in [-0.05, 0) is 27.3 Å². The minimum absolute atomic E-state index is 0.00711. The van der Waals surface area contributed by atoms with Gasteiger partial charge < -0.3 is 30.1 Å². The number of amides is 1. The summed E-state index contributed by atoms with van der Waals surface area (Å²) in [5.41, 5.74) is 0.748. The van der Waals surface area contributed by atoms with Gasteiger partial charge in [0.05, 0.1) is 38.4 Å². The molecule has 1 unspecified atom stereocenters. The van der Waals surface area contributed by atoms with E-state index < -0.39 is 59.6 Å². The van der Waals surface area contributed by atoms with Crippen molar-refractivity contribution in [1.82, 2.24) is 15.1 Å². The van der Waals surface area contributed by atoms with Crippen LogP contribution in [0.3, 0.4) is 0 Å². The number of likely N-dealkylation sites (N-methyl/N-ethyl adjacent to an activating group) is 1. The van der Waals surface area contributed by atoms with E-state index in [1.54, 1.807) is 16.8 Å². The number of nitrogens with zero attached hydrogens (tertiary/aromatic N) is 3. The first-order valence-electron chi connectivity index (χ1n) is 13.4. The first-order valence-corrected chi connectivity index (χ1v) is 13.4. The van der Waals surface area contributed by atoms with Gasteiger partial charge in [0, 0.05) is 52.9 Å². The number of aliphatic hydroxyl groups is 1. The summed E-state index contributed by atoms with van der Waals surface area (Å²) < 4.78 is 10.7. The van der Waals surface area contributed by atoms with Crippen molar-refractivity contribution in [3.8, 4) is 23.3 Å². The summed E-state index contributed by atoms with van der Waals surface area (Å²) >= 11 is 0. The molecule has 4 aliphatic rings. The van der Waals surface area contributed by atoms with Crippen LogP contribution in [0.15, 0.2) is 22.5 Å². The van der Waals surface area contributed by atoms with Crippen molar-refractivity contribution in [2.24, 2.45) is 0 Å². The van der Waals surface area contributed by atoms with Crippen LogP contribution in [-0.2, 0) is 23.9 Å². The molecule has 3 aliphatic heterocycles. The molecule has 1 aromatic rings. The highest BCUT2D eigenvalue weighted by atomic mass is 16.5. The maximum Gasteiger partial charge on any atom is 0.287 e. The number of hydrogen-bond acceptors (Lipinski definition) is 12. The van der Waals surface area contributed by atoms with Gasteiger partial charge in [0.25, 0.3) is 5.91 Å². The summed E-state index contributed by atoms with van der Waals surface area (Å²) in [7, 11) is 4.27. The number of ether oxygens (including phenoxy) is 2. The standard InChI is InChI=1S/C29H32N4O9/c1-10-22(35)13-7-14-20-18-19(23(36)11(2)28(42-6)26(18)39)24(37)21(32(20)4)15(8-30)33(14)16(9-31-29(40)12(3)34)17(13)25(38)27(10)41-5/h14-16,20-21,24,36-37,39H,7,9H2,1-6H3,(H,31,40)/t14-,15?,16-,20-,21+,24-/m0/s1. The number of hydrogen-bond donors (Lipinski definition) is 4. The van der Waals surface area contributed by atoms with E-state index >= 15 is 0 Å². The van der Waals surface area contributed by atoms with Crippen LogP contribution in [0, 0.1) is 18.3 Å². The summed E-state index contributed by atoms with van der Waals surface area (Å²) in [6.07, 6.45) is -1.48. The zero-order chi connectivity index (χ0) is 30.9. The van der Waals surface area contributed by atoms with E-state index in [4.69, 9.17) is 9.47 Å². The van der Waals surface area contributed by atoms with Crippen LogP contribution in [0.2, 0.25) is 0 Å². The largest absolute Gasteiger partial charge is 0.507 e. The third-order valence-electron chi connectivity index (χ3n) is 9.08. The average Bonchev–Trinajstić information content (AvgIpc) is 2.95. The first kappa shape index (κ1) is 29.2. The number of nitrogens with one attached hydrogen (secondary N) is 1.